The molecule has 0 aromatic heterocycles. The van der Waals surface area contributed by atoms with Gasteiger partial charge in [-0.15, -0.1) is 0 Å². The maximum atomic E-state index is 10.4. The van der Waals surface area contributed by atoms with Gasteiger partial charge >= 0.3 is 0 Å². The van der Waals surface area contributed by atoms with Crippen LogP contribution in [0.4, 0.5) is 0 Å². The Morgan fingerprint density at radius 3 is 2.48 bits per heavy atom. The van der Waals surface area contributed by atoms with Gasteiger partial charge in [0, 0.05) is 45.8 Å². The zero-order valence-corrected chi connectivity index (χ0v) is 18.5. The fourth-order valence-electron chi connectivity index (χ4n) is 3.37. The van der Waals surface area contributed by atoms with Crippen LogP contribution in [-0.2, 0) is 11.3 Å². The number of benzene rings is 1. The van der Waals surface area contributed by atoms with Gasteiger partial charge in [-0.05, 0) is 38.1 Å². The Hall–Kier alpha value is -1.38. The second-order valence-corrected chi connectivity index (χ2v) is 7.78. The zero-order chi connectivity index (χ0) is 21.1. The van der Waals surface area contributed by atoms with Gasteiger partial charge in [0.2, 0.25) is 0 Å². The van der Waals surface area contributed by atoms with Crippen molar-refractivity contribution in [2.24, 2.45) is 0 Å². The summed E-state index contributed by atoms with van der Waals surface area (Å²) in [6.07, 6.45) is -0.264. The lowest BCUT2D eigenvalue weighted by atomic mass is 10.2. The van der Waals surface area contributed by atoms with E-state index in [1.54, 1.807) is 7.11 Å². The van der Waals surface area contributed by atoms with Crippen LogP contribution in [0.15, 0.2) is 18.2 Å². The third kappa shape index (κ3) is 8.88. The van der Waals surface area contributed by atoms with Gasteiger partial charge in [-0.3, -0.25) is 4.90 Å². The van der Waals surface area contributed by atoms with E-state index in [9.17, 15) is 5.11 Å². The zero-order valence-electron chi connectivity index (χ0n) is 18.5. The minimum atomic E-state index is -0.518. The first-order valence-electron chi connectivity index (χ1n) is 10.8. The summed E-state index contributed by atoms with van der Waals surface area (Å²) in [6.45, 7) is 14.6. The summed E-state index contributed by atoms with van der Waals surface area (Å²) in [5, 5.41) is 13.7. The molecule has 7 heteroatoms. The largest absolute Gasteiger partial charge is 0.493 e. The number of piperazine rings is 1. The molecule has 0 saturated carbocycles. The van der Waals surface area contributed by atoms with Crippen molar-refractivity contribution in [3.05, 3.63) is 23.8 Å². The van der Waals surface area contributed by atoms with Crippen LogP contribution in [0, 0.1) is 0 Å². The summed E-state index contributed by atoms with van der Waals surface area (Å²) >= 11 is 0. The first-order chi connectivity index (χ1) is 14.0. The average Bonchev–Trinajstić information content (AvgIpc) is 2.72. The topological polar surface area (TPSA) is 66.4 Å². The normalized spacial score (nSPS) is 16.9. The van der Waals surface area contributed by atoms with Crippen molar-refractivity contribution in [2.45, 2.75) is 39.5 Å². The number of β-amino-alcohol motifs (C(OH)–C–C–N with tert-alkyl or cyclic N) is 1. The number of hydrogen-bond donors (Lipinski definition) is 2. The Labute approximate surface area is 175 Å². The molecule has 1 aliphatic rings. The van der Waals surface area contributed by atoms with E-state index in [0.717, 1.165) is 51.4 Å². The summed E-state index contributed by atoms with van der Waals surface area (Å²) in [6, 6.07) is 5.90. The van der Waals surface area contributed by atoms with Crippen LogP contribution < -0.4 is 14.8 Å². The second-order valence-electron chi connectivity index (χ2n) is 7.78. The summed E-state index contributed by atoms with van der Waals surface area (Å²) in [5.74, 6) is 1.35. The van der Waals surface area contributed by atoms with Crippen molar-refractivity contribution in [1.82, 2.24) is 15.1 Å². The fourth-order valence-corrected chi connectivity index (χ4v) is 3.37. The lowest BCUT2D eigenvalue weighted by molar-refractivity contribution is 0.0464. The van der Waals surface area contributed by atoms with E-state index in [0.29, 0.717) is 24.7 Å². The molecule has 0 bridgehead atoms. The minimum Gasteiger partial charge on any atom is -0.493 e. The maximum absolute atomic E-state index is 10.4. The molecule has 2 rings (SSSR count). The fraction of sp³-hybridized carbons (Fsp3) is 0.727. The van der Waals surface area contributed by atoms with Gasteiger partial charge in [-0.2, -0.15) is 0 Å². The van der Waals surface area contributed by atoms with Gasteiger partial charge in [-0.25, -0.2) is 0 Å². The molecular formula is C22H39N3O4. The molecule has 1 aromatic carbocycles. The van der Waals surface area contributed by atoms with Gasteiger partial charge < -0.3 is 29.5 Å². The first-order valence-corrected chi connectivity index (χ1v) is 10.8. The van der Waals surface area contributed by atoms with E-state index < -0.39 is 6.10 Å². The lowest BCUT2D eigenvalue weighted by Crippen LogP contribution is -2.49. The van der Waals surface area contributed by atoms with Crippen LogP contribution in [0.3, 0.4) is 0 Å². The lowest BCUT2D eigenvalue weighted by Gasteiger charge is -2.34. The highest BCUT2D eigenvalue weighted by atomic mass is 16.5. The van der Waals surface area contributed by atoms with Crippen LogP contribution in [0.1, 0.15) is 26.3 Å². The molecule has 1 fully saturated rings. The summed E-state index contributed by atoms with van der Waals surface area (Å²) < 4.78 is 16.8. The van der Waals surface area contributed by atoms with Crippen molar-refractivity contribution in [2.75, 3.05) is 66.1 Å². The third-order valence-corrected chi connectivity index (χ3v) is 5.10. The molecule has 1 unspecified atom stereocenters. The number of likely N-dealkylation sites (N-methyl/N-ethyl adjacent to an activating group) is 1. The summed E-state index contributed by atoms with van der Waals surface area (Å²) in [7, 11) is 1.64. The van der Waals surface area contributed by atoms with E-state index >= 15 is 0 Å². The predicted octanol–water partition coefficient (Wildman–Crippen LogP) is 1.59. The quantitative estimate of drug-likeness (QED) is 0.480. The Bertz CT molecular complexity index is 577. The molecule has 1 saturated heterocycles. The number of nitrogens with zero attached hydrogens (tertiary/aromatic N) is 2. The molecule has 2 N–H and O–H groups in total. The molecule has 1 heterocycles. The first kappa shape index (κ1) is 23.9. The van der Waals surface area contributed by atoms with Gasteiger partial charge in [0.1, 0.15) is 12.7 Å². The van der Waals surface area contributed by atoms with Crippen molar-refractivity contribution >= 4 is 0 Å². The van der Waals surface area contributed by atoms with Crippen molar-refractivity contribution in [3.8, 4) is 11.5 Å². The molecule has 0 amide bonds. The molecule has 1 aliphatic heterocycles. The second kappa shape index (κ2) is 13.0. The Morgan fingerprint density at radius 1 is 1.10 bits per heavy atom. The molecule has 1 aromatic rings. The molecule has 0 aliphatic carbocycles. The molecule has 7 nitrogen and oxygen atoms in total. The smallest absolute Gasteiger partial charge is 0.161 e. The number of hydrogen-bond acceptors (Lipinski definition) is 7. The molecule has 0 spiro atoms. The van der Waals surface area contributed by atoms with Crippen LogP contribution >= 0.6 is 0 Å². The van der Waals surface area contributed by atoms with E-state index in [4.69, 9.17) is 14.2 Å². The molecule has 166 valence electrons. The number of methoxy groups -OCH3 is 1. The van der Waals surface area contributed by atoms with Crippen LogP contribution in [0.5, 0.6) is 11.5 Å². The Kier molecular flexibility index (Phi) is 10.7. The van der Waals surface area contributed by atoms with Crippen molar-refractivity contribution < 1.29 is 19.3 Å². The SMILES string of the molecule is CCN1CCN(CC(O)COc2ccc(CNCCOC(C)C)cc2OC)CC1. The molecule has 1 atom stereocenters. The Balaban J connectivity index is 1.73. The highest BCUT2D eigenvalue weighted by molar-refractivity contribution is 5.43. The predicted molar refractivity (Wildman–Crippen MR) is 116 cm³/mol. The van der Waals surface area contributed by atoms with Crippen molar-refractivity contribution in [1.29, 1.82) is 0 Å². The number of aliphatic hydroxyl groups excluding tert-OH is 1. The number of nitrogens with one attached hydrogen (secondary N) is 1. The van der Waals surface area contributed by atoms with Crippen LogP contribution in [0.25, 0.3) is 0 Å². The number of ether oxygens (including phenoxy) is 3. The summed E-state index contributed by atoms with van der Waals surface area (Å²) in [4.78, 5) is 4.73. The van der Waals surface area contributed by atoms with E-state index in [2.05, 4.69) is 22.0 Å². The van der Waals surface area contributed by atoms with Crippen LogP contribution in [0.2, 0.25) is 0 Å². The van der Waals surface area contributed by atoms with Gasteiger partial charge in [0.25, 0.3) is 0 Å². The monoisotopic (exact) mass is 409 g/mol. The number of rotatable bonds is 13. The van der Waals surface area contributed by atoms with Gasteiger partial charge in [-0.1, -0.05) is 13.0 Å². The highest BCUT2D eigenvalue weighted by Crippen LogP contribution is 2.28. The number of aliphatic hydroxyl groups is 1. The average molecular weight is 410 g/mol. The third-order valence-electron chi connectivity index (χ3n) is 5.10. The molecule has 29 heavy (non-hydrogen) atoms. The minimum absolute atomic E-state index is 0.254. The molecule has 0 radical (unpaired) electrons. The van der Waals surface area contributed by atoms with E-state index in [-0.39, 0.29) is 12.7 Å². The van der Waals surface area contributed by atoms with Crippen molar-refractivity contribution in [3.63, 3.8) is 0 Å². The van der Waals surface area contributed by atoms with Gasteiger partial charge in [0.15, 0.2) is 11.5 Å². The van der Waals surface area contributed by atoms with E-state index in [1.165, 1.54) is 0 Å². The maximum Gasteiger partial charge on any atom is 0.161 e. The van der Waals surface area contributed by atoms with Crippen LogP contribution in [-0.4, -0.2) is 93.3 Å². The van der Waals surface area contributed by atoms with Gasteiger partial charge in [0.05, 0.1) is 19.8 Å². The standard InChI is InChI=1S/C22H39N3O4/c1-5-24-9-11-25(12-10-24)16-20(26)17-29-21-7-6-19(14-22(21)27-4)15-23-8-13-28-18(2)3/h6-7,14,18,20,23,26H,5,8-13,15-17H2,1-4H3. The summed E-state index contributed by atoms with van der Waals surface area (Å²) in [5.41, 5.74) is 1.12. The molecular weight excluding hydrogens is 370 g/mol. The highest BCUT2D eigenvalue weighted by Gasteiger charge is 2.19. The Morgan fingerprint density at radius 2 is 1.83 bits per heavy atom. The van der Waals surface area contributed by atoms with E-state index in [1.807, 2.05) is 32.0 Å².